The summed E-state index contributed by atoms with van der Waals surface area (Å²) in [6, 6.07) is 10.5. The molecule has 0 saturated carbocycles. The minimum absolute atomic E-state index is 0.0135. The van der Waals surface area contributed by atoms with Crippen LogP contribution in [0.1, 0.15) is 29.7 Å². The molecule has 4 heteroatoms. The van der Waals surface area contributed by atoms with E-state index in [-0.39, 0.29) is 17.7 Å². The minimum Gasteiger partial charge on any atom is -0.489 e. The molecule has 0 saturated heterocycles. The van der Waals surface area contributed by atoms with Crippen LogP contribution in [0.25, 0.3) is 0 Å². The Bertz CT molecular complexity index is 613. The third kappa shape index (κ3) is 3.30. The van der Waals surface area contributed by atoms with Crippen LogP contribution in [0.4, 0.5) is 4.39 Å². The van der Waals surface area contributed by atoms with Crippen LogP contribution in [0, 0.1) is 12.7 Å². The molecule has 0 aromatic heterocycles. The first-order chi connectivity index (χ1) is 9.49. The van der Waals surface area contributed by atoms with E-state index in [9.17, 15) is 4.39 Å². The molecule has 2 aromatic rings. The maximum Gasteiger partial charge on any atom is 0.142 e. The number of halogens is 2. The van der Waals surface area contributed by atoms with Gasteiger partial charge in [0.2, 0.25) is 0 Å². The number of benzene rings is 2. The van der Waals surface area contributed by atoms with Gasteiger partial charge < -0.3 is 10.5 Å². The predicted octanol–water partition coefficient (Wildman–Crippen LogP) is 4.39. The van der Waals surface area contributed by atoms with Crippen LogP contribution in [0.5, 0.6) is 5.75 Å². The normalized spacial score (nSPS) is 12.2. The fourth-order valence-corrected chi connectivity index (χ4v) is 2.11. The fourth-order valence-electron chi connectivity index (χ4n) is 1.93. The number of nitrogens with two attached hydrogens (primary N) is 1. The molecule has 1 atom stereocenters. The van der Waals surface area contributed by atoms with Gasteiger partial charge in [-0.15, -0.1) is 0 Å². The van der Waals surface area contributed by atoms with E-state index in [1.807, 2.05) is 32.0 Å². The summed E-state index contributed by atoms with van der Waals surface area (Å²) >= 11 is 5.89. The number of ether oxygens (including phenoxy) is 1. The Morgan fingerprint density at radius 2 is 2.05 bits per heavy atom. The first kappa shape index (κ1) is 14.8. The molecular weight excluding hydrogens is 277 g/mol. The Balaban J connectivity index is 2.13. The van der Waals surface area contributed by atoms with Crippen molar-refractivity contribution in [3.63, 3.8) is 0 Å². The van der Waals surface area contributed by atoms with E-state index < -0.39 is 5.82 Å². The second kappa shape index (κ2) is 6.25. The zero-order chi connectivity index (χ0) is 14.7. The van der Waals surface area contributed by atoms with Crippen molar-refractivity contribution < 1.29 is 9.13 Å². The average molecular weight is 294 g/mol. The largest absolute Gasteiger partial charge is 0.489 e. The van der Waals surface area contributed by atoms with Crippen LogP contribution in [0.2, 0.25) is 5.02 Å². The third-order valence-corrected chi connectivity index (χ3v) is 3.56. The van der Waals surface area contributed by atoms with Gasteiger partial charge in [-0.2, -0.15) is 0 Å². The topological polar surface area (TPSA) is 35.2 Å². The number of hydrogen-bond acceptors (Lipinski definition) is 2. The highest BCUT2D eigenvalue weighted by atomic mass is 35.5. The van der Waals surface area contributed by atoms with Crippen LogP contribution < -0.4 is 10.5 Å². The van der Waals surface area contributed by atoms with E-state index in [0.717, 1.165) is 16.9 Å². The van der Waals surface area contributed by atoms with Gasteiger partial charge in [0.25, 0.3) is 0 Å². The predicted molar refractivity (Wildman–Crippen MR) is 79.5 cm³/mol. The van der Waals surface area contributed by atoms with Crippen LogP contribution in [0.3, 0.4) is 0 Å². The Labute approximate surface area is 123 Å². The van der Waals surface area contributed by atoms with Crippen LogP contribution in [-0.4, -0.2) is 0 Å². The highest BCUT2D eigenvalue weighted by Gasteiger charge is 2.08. The van der Waals surface area contributed by atoms with Crippen LogP contribution in [0.15, 0.2) is 36.4 Å². The molecule has 106 valence electrons. The summed E-state index contributed by atoms with van der Waals surface area (Å²) in [4.78, 5) is 0. The van der Waals surface area contributed by atoms with Gasteiger partial charge in [0, 0.05) is 11.6 Å². The smallest absolute Gasteiger partial charge is 0.142 e. The molecular formula is C16H17ClFNO. The third-order valence-electron chi connectivity index (χ3n) is 3.14. The van der Waals surface area contributed by atoms with Crippen molar-refractivity contribution in [2.24, 2.45) is 5.73 Å². The van der Waals surface area contributed by atoms with E-state index >= 15 is 0 Å². The highest BCUT2D eigenvalue weighted by molar-refractivity contribution is 6.31. The maximum absolute atomic E-state index is 13.3. The Morgan fingerprint density at radius 1 is 1.30 bits per heavy atom. The summed E-state index contributed by atoms with van der Waals surface area (Å²) in [6.45, 7) is 4.12. The van der Waals surface area contributed by atoms with Gasteiger partial charge in [0.1, 0.15) is 18.2 Å². The van der Waals surface area contributed by atoms with Crippen molar-refractivity contribution in [2.45, 2.75) is 26.5 Å². The molecule has 0 fully saturated rings. The van der Waals surface area contributed by atoms with Gasteiger partial charge in [-0.1, -0.05) is 35.9 Å². The summed E-state index contributed by atoms with van der Waals surface area (Å²) in [7, 11) is 0. The lowest BCUT2D eigenvalue weighted by Crippen LogP contribution is -2.05. The summed E-state index contributed by atoms with van der Waals surface area (Å²) < 4.78 is 19.0. The van der Waals surface area contributed by atoms with Crippen molar-refractivity contribution in [3.05, 3.63) is 63.9 Å². The lowest BCUT2D eigenvalue weighted by atomic mass is 10.1. The molecule has 0 aliphatic carbocycles. The summed E-state index contributed by atoms with van der Waals surface area (Å²) in [5, 5.41) is 0.109. The van der Waals surface area contributed by atoms with Crippen LogP contribution in [-0.2, 0) is 6.61 Å². The van der Waals surface area contributed by atoms with Crippen molar-refractivity contribution in [3.8, 4) is 5.75 Å². The van der Waals surface area contributed by atoms with E-state index in [1.165, 1.54) is 6.07 Å². The summed E-state index contributed by atoms with van der Waals surface area (Å²) in [5.74, 6) is 0.312. The van der Waals surface area contributed by atoms with Crippen molar-refractivity contribution >= 4 is 11.6 Å². The molecule has 2 rings (SSSR count). The highest BCUT2D eigenvalue weighted by Crippen LogP contribution is 2.25. The first-order valence-electron chi connectivity index (χ1n) is 6.41. The lowest BCUT2D eigenvalue weighted by Gasteiger charge is -2.13. The molecule has 0 amide bonds. The molecule has 0 bridgehead atoms. The molecule has 2 nitrogen and oxygen atoms in total. The molecule has 20 heavy (non-hydrogen) atoms. The zero-order valence-corrected chi connectivity index (χ0v) is 12.2. The van der Waals surface area contributed by atoms with E-state index in [4.69, 9.17) is 22.1 Å². The molecule has 1 unspecified atom stereocenters. The maximum atomic E-state index is 13.3. The quantitative estimate of drug-likeness (QED) is 0.907. The van der Waals surface area contributed by atoms with E-state index in [1.54, 1.807) is 12.1 Å². The molecule has 0 heterocycles. The van der Waals surface area contributed by atoms with Gasteiger partial charge in [0.15, 0.2) is 0 Å². The molecule has 0 spiro atoms. The van der Waals surface area contributed by atoms with Crippen molar-refractivity contribution in [1.82, 2.24) is 0 Å². The van der Waals surface area contributed by atoms with Gasteiger partial charge in [-0.25, -0.2) is 4.39 Å². The van der Waals surface area contributed by atoms with Crippen LogP contribution >= 0.6 is 11.6 Å². The number of hydrogen-bond donors (Lipinski definition) is 1. The van der Waals surface area contributed by atoms with Crippen molar-refractivity contribution in [1.29, 1.82) is 0 Å². The SMILES string of the molecule is Cc1cc(C(C)N)ccc1OCc1cccc(F)c1Cl. The van der Waals surface area contributed by atoms with Gasteiger partial charge in [-0.05, 0) is 37.1 Å². The van der Waals surface area contributed by atoms with Gasteiger partial charge in [-0.3, -0.25) is 0 Å². The molecule has 0 aliphatic rings. The van der Waals surface area contributed by atoms with Gasteiger partial charge in [0.05, 0.1) is 5.02 Å². The second-order valence-electron chi connectivity index (χ2n) is 4.82. The standard InChI is InChI=1S/C16H17ClFNO/c1-10-8-12(11(2)19)6-7-15(10)20-9-13-4-3-5-14(18)16(13)17/h3-8,11H,9,19H2,1-2H3. The summed E-state index contributed by atoms with van der Waals surface area (Å²) in [5.41, 5.74) is 8.51. The average Bonchev–Trinajstić information content (AvgIpc) is 2.41. The summed E-state index contributed by atoms with van der Waals surface area (Å²) in [6.07, 6.45) is 0. The molecule has 2 N–H and O–H groups in total. The fraction of sp³-hybridized carbons (Fsp3) is 0.250. The van der Waals surface area contributed by atoms with E-state index in [0.29, 0.717) is 5.56 Å². The molecule has 0 radical (unpaired) electrons. The monoisotopic (exact) mass is 293 g/mol. The first-order valence-corrected chi connectivity index (χ1v) is 6.78. The number of rotatable bonds is 4. The number of aryl methyl sites for hydroxylation is 1. The zero-order valence-electron chi connectivity index (χ0n) is 11.5. The Hall–Kier alpha value is -1.58. The van der Waals surface area contributed by atoms with E-state index in [2.05, 4.69) is 0 Å². The Kier molecular flexibility index (Phi) is 4.63. The minimum atomic E-state index is -0.434. The lowest BCUT2D eigenvalue weighted by molar-refractivity contribution is 0.303. The molecule has 0 aliphatic heterocycles. The Morgan fingerprint density at radius 3 is 2.70 bits per heavy atom. The molecule has 2 aromatic carbocycles. The van der Waals surface area contributed by atoms with Gasteiger partial charge >= 0.3 is 0 Å². The second-order valence-corrected chi connectivity index (χ2v) is 5.19. The van der Waals surface area contributed by atoms with Crippen molar-refractivity contribution in [2.75, 3.05) is 0 Å².